The maximum Gasteiger partial charge on any atom is 0.178 e. The second kappa shape index (κ2) is 8.95. The van der Waals surface area contributed by atoms with Crippen LogP contribution < -0.4 is 10.2 Å². The van der Waals surface area contributed by atoms with E-state index in [1.54, 1.807) is 0 Å². The number of tetrazole rings is 1. The van der Waals surface area contributed by atoms with Crippen molar-refractivity contribution >= 4 is 5.82 Å². The van der Waals surface area contributed by atoms with Gasteiger partial charge in [0.2, 0.25) is 0 Å². The van der Waals surface area contributed by atoms with Gasteiger partial charge in [0.25, 0.3) is 0 Å². The van der Waals surface area contributed by atoms with Crippen molar-refractivity contribution < 1.29 is 10.2 Å². The highest BCUT2D eigenvalue weighted by atomic mass is 16.5. The minimum absolute atomic E-state index is 0.250. The zero-order valence-corrected chi connectivity index (χ0v) is 17.8. The fourth-order valence-electron chi connectivity index (χ4n) is 4.82. The van der Waals surface area contributed by atoms with Crippen LogP contribution in [0, 0.1) is 17.3 Å². The molecule has 0 aliphatic carbocycles. The Labute approximate surface area is 177 Å². The smallest absolute Gasteiger partial charge is 0.178 e. The van der Waals surface area contributed by atoms with Gasteiger partial charge in [0.1, 0.15) is 5.82 Å². The van der Waals surface area contributed by atoms with Gasteiger partial charge in [-0.1, -0.05) is 25.1 Å². The monoisotopic (exact) mass is 415 g/mol. The lowest BCUT2D eigenvalue weighted by Crippen LogP contribution is -2.58. The number of nitrogens with one attached hydrogen (secondary N) is 2. The standard InChI is InChI=1S/C21H33N7O2/c1-14(2)9-17(20(29)30)16(19-24-26-27-25-19)10-15-3-4-18(23-11-15)28-7-5-21(6-8-28)12-22-13-21/h3-4,11,14,16-17,20,22,29-30H,5-10,12-13H2,1-2H3,(H,24,25,26,27)/t16-,17-/m0/s1. The Morgan fingerprint density at radius 1 is 1.17 bits per heavy atom. The Morgan fingerprint density at radius 2 is 1.93 bits per heavy atom. The normalized spacial score (nSPS) is 20.5. The lowest BCUT2D eigenvalue weighted by molar-refractivity contribution is -0.0972. The third kappa shape index (κ3) is 4.63. The molecule has 2 atom stereocenters. The van der Waals surface area contributed by atoms with Gasteiger partial charge < -0.3 is 20.4 Å². The van der Waals surface area contributed by atoms with Crippen molar-refractivity contribution in [2.75, 3.05) is 31.1 Å². The van der Waals surface area contributed by atoms with Crippen LogP contribution in [0.3, 0.4) is 0 Å². The van der Waals surface area contributed by atoms with Crippen LogP contribution in [0.4, 0.5) is 5.82 Å². The molecule has 2 aromatic heterocycles. The minimum Gasteiger partial charge on any atom is -0.368 e. The number of anilines is 1. The fraction of sp³-hybridized carbons (Fsp3) is 0.714. The van der Waals surface area contributed by atoms with Crippen molar-refractivity contribution in [2.45, 2.75) is 51.7 Å². The number of aromatic amines is 1. The van der Waals surface area contributed by atoms with Crippen LogP contribution in [0.2, 0.25) is 0 Å². The molecule has 30 heavy (non-hydrogen) atoms. The predicted molar refractivity (Wildman–Crippen MR) is 113 cm³/mol. The molecule has 4 N–H and O–H groups in total. The highest BCUT2D eigenvalue weighted by molar-refractivity contribution is 5.40. The second-order valence-corrected chi connectivity index (χ2v) is 9.40. The van der Waals surface area contributed by atoms with Crippen LogP contribution in [0.25, 0.3) is 0 Å². The molecule has 0 unspecified atom stereocenters. The number of H-pyrrole nitrogens is 1. The van der Waals surface area contributed by atoms with Crippen LogP contribution in [-0.4, -0.2) is 68.3 Å². The van der Waals surface area contributed by atoms with E-state index in [1.807, 2.05) is 6.20 Å². The van der Waals surface area contributed by atoms with E-state index in [-0.39, 0.29) is 11.8 Å². The average molecular weight is 416 g/mol. The van der Waals surface area contributed by atoms with Gasteiger partial charge in [-0.2, -0.15) is 5.21 Å². The first-order valence-corrected chi connectivity index (χ1v) is 11.0. The summed E-state index contributed by atoms with van der Waals surface area (Å²) in [5.74, 6) is 1.21. The number of aromatic nitrogens is 5. The predicted octanol–water partition coefficient (Wildman–Crippen LogP) is 1.08. The molecule has 164 valence electrons. The van der Waals surface area contributed by atoms with Gasteiger partial charge in [-0.3, -0.25) is 0 Å². The maximum atomic E-state index is 10.0. The topological polar surface area (TPSA) is 123 Å². The number of nitrogens with zero attached hydrogens (tertiary/aromatic N) is 5. The zero-order chi connectivity index (χ0) is 21.1. The molecule has 2 aliphatic rings. The van der Waals surface area contributed by atoms with Gasteiger partial charge in [-0.25, -0.2) is 4.98 Å². The number of piperidine rings is 1. The van der Waals surface area contributed by atoms with Crippen molar-refractivity contribution in [3.8, 4) is 0 Å². The van der Waals surface area contributed by atoms with Crippen LogP contribution in [0.1, 0.15) is 50.4 Å². The number of pyridine rings is 1. The lowest BCUT2D eigenvalue weighted by Gasteiger charge is -2.48. The molecule has 0 aromatic carbocycles. The van der Waals surface area contributed by atoms with Crippen molar-refractivity contribution in [2.24, 2.45) is 17.3 Å². The van der Waals surface area contributed by atoms with Crippen molar-refractivity contribution in [1.29, 1.82) is 0 Å². The quantitative estimate of drug-likeness (QED) is 0.473. The van der Waals surface area contributed by atoms with Crippen molar-refractivity contribution in [3.05, 3.63) is 29.7 Å². The number of aliphatic hydroxyl groups excluding tert-OH is 1. The summed E-state index contributed by atoms with van der Waals surface area (Å²) in [6.07, 6.45) is 4.13. The largest absolute Gasteiger partial charge is 0.368 e. The summed E-state index contributed by atoms with van der Waals surface area (Å²) in [5.41, 5.74) is 1.55. The third-order valence-corrected chi connectivity index (χ3v) is 6.75. The summed E-state index contributed by atoms with van der Waals surface area (Å²) >= 11 is 0. The van der Waals surface area contributed by atoms with E-state index in [0.717, 1.165) is 37.6 Å². The summed E-state index contributed by atoms with van der Waals surface area (Å²) in [6.45, 7) is 8.54. The van der Waals surface area contributed by atoms with Gasteiger partial charge in [0, 0.05) is 44.2 Å². The number of hydrogen-bond donors (Lipinski definition) is 4. The molecule has 9 nitrogen and oxygen atoms in total. The van der Waals surface area contributed by atoms with Crippen LogP contribution in [0.15, 0.2) is 18.3 Å². The zero-order valence-electron chi connectivity index (χ0n) is 17.8. The summed E-state index contributed by atoms with van der Waals surface area (Å²) in [7, 11) is 0. The first-order valence-electron chi connectivity index (χ1n) is 11.0. The molecule has 0 radical (unpaired) electrons. The summed E-state index contributed by atoms with van der Waals surface area (Å²) in [4.78, 5) is 7.08. The Balaban J connectivity index is 1.45. The molecular formula is C21H33N7O2. The summed E-state index contributed by atoms with van der Waals surface area (Å²) in [5, 5.41) is 37.9. The van der Waals surface area contributed by atoms with Gasteiger partial charge in [-0.15, -0.1) is 10.2 Å². The molecule has 9 heteroatoms. The van der Waals surface area contributed by atoms with Gasteiger partial charge in [0.05, 0.1) is 0 Å². The second-order valence-electron chi connectivity index (χ2n) is 9.40. The van der Waals surface area contributed by atoms with Gasteiger partial charge >= 0.3 is 0 Å². The number of aliphatic hydroxyl groups is 2. The van der Waals surface area contributed by atoms with E-state index in [0.29, 0.717) is 30.0 Å². The first-order chi connectivity index (χ1) is 14.5. The number of rotatable bonds is 8. The molecule has 4 heterocycles. The average Bonchev–Trinajstić information content (AvgIpc) is 3.24. The molecule has 0 amide bonds. The molecule has 2 aliphatic heterocycles. The molecule has 2 aromatic rings. The van der Waals surface area contributed by atoms with Crippen molar-refractivity contribution in [3.63, 3.8) is 0 Å². The molecule has 2 saturated heterocycles. The Kier molecular flexibility index (Phi) is 6.31. The van der Waals surface area contributed by atoms with Gasteiger partial charge in [0.15, 0.2) is 12.1 Å². The van der Waals surface area contributed by atoms with E-state index >= 15 is 0 Å². The molecule has 0 bridgehead atoms. The SMILES string of the molecule is CC(C)C[C@H](C(O)O)[C@H](Cc1ccc(N2CCC3(CC2)CNC3)nc1)c1nn[nH]n1. The van der Waals surface area contributed by atoms with Crippen molar-refractivity contribution in [1.82, 2.24) is 30.9 Å². The van der Waals surface area contributed by atoms with E-state index in [9.17, 15) is 10.2 Å². The van der Waals surface area contributed by atoms with Crippen LogP contribution >= 0.6 is 0 Å². The first kappa shape index (κ1) is 21.1. The Bertz CT molecular complexity index is 780. The molecule has 2 fully saturated rings. The third-order valence-electron chi connectivity index (χ3n) is 6.75. The summed E-state index contributed by atoms with van der Waals surface area (Å²) in [6, 6.07) is 4.16. The highest BCUT2D eigenvalue weighted by Crippen LogP contribution is 2.36. The Morgan fingerprint density at radius 3 is 2.43 bits per heavy atom. The summed E-state index contributed by atoms with van der Waals surface area (Å²) < 4.78 is 0. The lowest BCUT2D eigenvalue weighted by atomic mass is 9.73. The van der Waals surface area contributed by atoms with E-state index in [2.05, 4.69) is 56.8 Å². The minimum atomic E-state index is -1.44. The molecule has 1 spiro atoms. The molecule has 0 saturated carbocycles. The Hall–Kier alpha value is -2.10. The van der Waals surface area contributed by atoms with E-state index in [4.69, 9.17) is 4.98 Å². The maximum absolute atomic E-state index is 10.0. The van der Waals surface area contributed by atoms with Gasteiger partial charge in [-0.05, 0) is 48.6 Å². The fourth-order valence-corrected chi connectivity index (χ4v) is 4.82. The van der Waals surface area contributed by atoms with Crippen LogP contribution in [-0.2, 0) is 6.42 Å². The van der Waals surface area contributed by atoms with Crippen LogP contribution in [0.5, 0.6) is 0 Å². The number of hydrogen-bond acceptors (Lipinski definition) is 8. The van der Waals surface area contributed by atoms with E-state index in [1.165, 1.54) is 12.8 Å². The molecule has 4 rings (SSSR count). The van der Waals surface area contributed by atoms with E-state index < -0.39 is 6.29 Å². The highest BCUT2D eigenvalue weighted by Gasteiger charge is 2.39. The molecular weight excluding hydrogens is 382 g/mol.